The number of para-hydroxylation sites is 1. The molecule has 0 unspecified atom stereocenters. The van der Waals surface area contributed by atoms with Crippen molar-refractivity contribution < 1.29 is 9.53 Å². The average molecular weight is 426 g/mol. The summed E-state index contributed by atoms with van der Waals surface area (Å²) < 4.78 is 6.82. The predicted molar refractivity (Wildman–Crippen MR) is 121 cm³/mol. The van der Waals surface area contributed by atoms with Gasteiger partial charge in [0.15, 0.2) is 5.16 Å². The fraction of sp³-hybridized carbons (Fsp3) is 0.348. The van der Waals surface area contributed by atoms with Crippen LogP contribution in [0.25, 0.3) is 10.9 Å². The number of amides is 1. The summed E-state index contributed by atoms with van der Waals surface area (Å²) in [4.78, 5) is 30.2. The van der Waals surface area contributed by atoms with Crippen LogP contribution in [-0.4, -0.2) is 34.4 Å². The Hall–Kier alpha value is -2.80. The van der Waals surface area contributed by atoms with E-state index >= 15 is 0 Å². The molecule has 1 amide bonds. The highest BCUT2D eigenvalue weighted by Crippen LogP contribution is 2.24. The molecule has 1 aromatic heterocycles. The molecule has 2 aromatic carbocycles. The summed E-state index contributed by atoms with van der Waals surface area (Å²) in [7, 11) is 1.64. The number of nitrogens with one attached hydrogen (secondary N) is 1. The second-order valence-corrected chi connectivity index (χ2v) is 8.64. The Morgan fingerprint density at radius 3 is 2.50 bits per heavy atom. The van der Waals surface area contributed by atoms with Gasteiger partial charge in [0.2, 0.25) is 5.91 Å². The van der Waals surface area contributed by atoms with Crippen LogP contribution in [0.15, 0.2) is 58.5 Å². The fourth-order valence-electron chi connectivity index (χ4n) is 3.14. The van der Waals surface area contributed by atoms with Crippen LogP contribution in [0.2, 0.25) is 0 Å². The van der Waals surface area contributed by atoms with Gasteiger partial charge >= 0.3 is 0 Å². The minimum atomic E-state index is -0.376. The largest absolute Gasteiger partial charge is 0.497 e. The first kappa shape index (κ1) is 21.9. The number of hydrogen-bond acceptors (Lipinski definition) is 5. The van der Waals surface area contributed by atoms with E-state index in [1.165, 1.54) is 11.8 Å². The second kappa shape index (κ2) is 9.80. The average Bonchev–Trinajstić information content (AvgIpc) is 2.74. The minimum Gasteiger partial charge on any atom is -0.497 e. The van der Waals surface area contributed by atoms with Crippen LogP contribution < -0.4 is 15.6 Å². The Balaban J connectivity index is 1.67. The van der Waals surface area contributed by atoms with Crippen molar-refractivity contribution in [3.05, 3.63) is 64.4 Å². The lowest BCUT2D eigenvalue weighted by Crippen LogP contribution is -2.33. The molecule has 0 aliphatic rings. The highest BCUT2D eigenvalue weighted by atomic mass is 32.2. The molecule has 0 fully saturated rings. The molecule has 0 spiro atoms. The third-order valence-corrected chi connectivity index (χ3v) is 5.88. The smallest absolute Gasteiger partial charge is 0.262 e. The highest BCUT2D eigenvalue weighted by molar-refractivity contribution is 8.00. The van der Waals surface area contributed by atoms with Gasteiger partial charge in [-0.25, -0.2) is 4.98 Å². The summed E-state index contributed by atoms with van der Waals surface area (Å²) in [6, 6.07) is 15.0. The van der Waals surface area contributed by atoms with E-state index in [1.807, 2.05) is 63.2 Å². The number of thioether (sulfide) groups is 1. The maximum Gasteiger partial charge on any atom is 0.262 e. The second-order valence-electron chi connectivity index (χ2n) is 7.33. The normalized spacial score (nSPS) is 12.2. The van der Waals surface area contributed by atoms with Gasteiger partial charge in [-0.15, -0.1) is 0 Å². The van der Waals surface area contributed by atoms with Gasteiger partial charge in [0, 0.05) is 12.6 Å². The summed E-state index contributed by atoms with van der Waals surface area (Å²) >= 11 is 1.31. The molecule has 0 saturated carbocycles. The monoisotopic (exact) mass is 425 g/mol. The van der Waals surface area contributed by atoms with Crippen LogP contribution in [-0.2, 0) is 11.2 Å². The van der Waals surface area contributed by atoms with Crippen molar-refractivity contribution in [2.45, 2.75) is 43.6 Å². The molecule has 1 heterocycles. The summed E-state index contributed by atoms with van der Waals surface area (Å²) in [6.45, 7) is 6.26. The van der Waals surface area contributed by atoms with Crippen LogP contribution in [0.1, 0.15) is 32.4 Å². The number of fused-ring (bicyclic) bond motifs is 1. The topological polar surface area (TPSA) is 73.2 Å². The maximum absolute atomic E-state index is 12.9. The van der Waals surface area contributed by atoms with E-state index in [9.17, 15) is 9.59 Å². The Bertz CT molecular complexity index is 1080. The zero-order chi connectivity index (χ0) is 21.7. The molecular weight excluding hydrogens is 398 g/mol. The van der Waals surface area contributed by atoms with Gasteiger partial charge in [-0.2, -0.15) is 0 Å². The SMILES string of the molecule is COc1ccc(CCNC(=O)[C@@H](C)Sc2nc3ccccc3c(=O)n2C(C)C)cc1. The van der Waals surface area contributed by atoms with Gasteiger partial charge in [0.1, 0.15) is 5.75 Å². The zero-order valence-corrected chi connectivity index (χ0v) is 18.5. The van der Waals surface area contributed by atoms with Gasteiger partial charge in [0.05, 0.1) is 23.3 Å². The molecule has 1 N–H and O–H groups in total. The molecule has 0 saturated heterocycles. The summed E-state index contributed by atoms with van der Waals surface area (Å²) in [5, 5.41) is 3.75. The number of nitrogens with zero attached hydrogens (tertiary/aromatic N) is 2. The first-order chi connectivity index (χ1) is 14.4. The molecule has 3 aromatic rings. The lowest BCUT2D eigenvalue weighted by Gasteiger charge is -2.18. The number of hydrogen-bond donors (Lipinski definition) is 1. The molecular formula is C23H27N3O3S. The lowest BCUT2D eigenvalue weighted by atomic mass is 10.1. The van der Waals surface area contributed by atoms with Gasteiger partial charge in [-0.05, 0) is 57.0 Å². The predicted octanol–water partition coefficient (Wildman–Crippen LogP) is 3.83. The summed E-state index contributed by atoms with van der Waals surface area (Å²) in [5.41, 5.74) is 1.69. The molecule has 0 bridgehead atoms. The van der Waals surface area contributed by atoms with Crippen LogP contribution in [0.3, 0.4) is 0 Å². The molecule has 0 radical (unpaired) electrons. The van der Waals surface area contributed by atoms with E-state index < -0.39 is 0 Å². The van der Waals surface area contributed by atoms with Gasteiger partial charge in [-0.3, -0.25) is 14.2 Å². The fourth-order valence-corrected chi connectivity index (χ4v) is 4.21. The maximum atomic E-state index is 12.9. The van der Waals surface area contributed by atoms with Crippen molar-refractivity contribution in [3.8, 4) is 5.75 Å². The number of rotatable bonds is 8. The number of carbonyl (C=O) groups is 1. The zero-order valence-electron chi connectivity index (χ0n) is 17.7. The van der Waals surface area contributed by atoms with Gasteiger partial charge in [-0.1, -0.05) is 36.0 Å². The Kier molecular flexibility index (Phi) is 7.15. The number of aromatic nitrogens is 2. The molecule has 158 valence electrons. The van der Waals surface area contributed by atoms with E-state index in [1.54, 1.807) is 17.7 Å². The minimum absolute atomic E-state index is 0.0533. The quantitative estimate of drug-likeness (QED) is 0.439. The Labute approximate surface area is 180 Å². The van der Waals surface area contributed by atoms with E-state index in [4.69, 9.17) is 4.74 Å². The summed E-state index contributed by atoms with van der Waals surface area (Å²) in [6.07, 6.45) is 0.734. The Morgan fingerprint density at radius 2 is 1.83 bits per heavy atom. The number of methoxy groups -OCH3 is 1. The molecule has 6 nitrogen and oxygen atoms in total. The van der Waals surface area contributed by atoms with Gasteiger partial charge < -0.3 is 10.1 Å². The van der Waals surface area contributed by atoms with Crippen LogP contribution >= 0.6 is 11.8 Å². The van der Waals surface area contributed by atoms with E-state index in [0.29, 0.717) is 22.6 Å². The van der Waals surface area contributed by atoms with Crippen molar-refractivity contribution >= 4 is 28.6 Å². The van der Waals surface area contributed by atoms with Crippen molar-refractivity contribution in [2.24, 2.45) is 0 Å². The first-order valence-electron chi connectivity index (χ1n) is 9.99. The third kappa shape index (κ3) is 5.02. The molecule has 30 heavy (non-hydrogen) atoms. The van der Waals surface area contributed by atoms with Crippen LogP contribution in [0.5, 0.6) is 5.75 Å². The van der Waals surface area contributed by atoms with Crippen molar-refractivity contribution in [1.82, 2.24) is 14.9 Å². The van der Waals surface area contributed by atoms with E-state index in [2.05, 4.69) is 10.3 Å². The molecule has 1 atom stereocenters. The molecule has 3 rings (SSSR count). The molecule has 7 heteroatoms. The van der Waals surface area contributed by atoms with E-state index in [-0.39, 0.29) is 22.8 Å². The molecule has 0 aliphatic carbocycles. The lowest BCUT2D eigenvalue weighted by molar-refractivity contribution is -0.120. The highest BCUT2D eigenvalue weighted by Gasteiger charge is 2.20. The van der Waals surface area contributed by atoms with Crippen LogP contribution in [0.4, 0.5) is 0 Å². The first-order valence-corrected chi connectivity index (χ1v) is 10.9. The van der Waals surface area contributed by atoms with Crippen LogP contribution in [0, 0.1) is 0 Å². The van der Waals surface area contributed by atoms with E-state index in [0.717, 1.165) is 17.7 Å². The third-order valence-electron chi connectivity index (χ3n) is 4.82. The molecule has 0 aliphatic heterocycles. The van der Waals surface area contributed by atoms with Crippen molar-refractivity contribution in [2.75, 3.05) is 13.7 Å². The number of carbonyl (C=O) groups excluding carboxylic acids is 1. The van der Waals surface area contributed by atoms with Gasteiger partial charge in [0.25, 0.3) is 5.56 Å². The number of ether oxygens (including phenoxy) is 1. The van der Waals surface area contributed by atoms with Crippen molar-refractivity contribution in [1.29, 1.82) is 0 Å². The van der Waals surface area contributed by atoms with Crippen molar-refractivity contribution in [3.63, 3.8) is 0 Å². The standard InChI is InChI=1S/C23H27N3O3S/c1-15(2)26-22(28)19-7-5-6-8-20(19)25-23(26)30-16(3)21(27)24-14-13-17-9-11-18(29-4)12-10-17/h5-12,15-16H,13-14H2,1-4H3,(H,24,27)/t16-/m1/s1. The Morgan fingerprint density at radius 1 is 1.13 bits per heavy atom. The number of benzene rings is 2. The summed E-state index contributed by atoms with van der Waals surface area (Å²) in [5.74, 6) is 0.734.